The van der Waals surface area contributed by atoms with Crippen LogP contribution in [0.4, 0.5) is 0 Å². The fourth-order valence-electron chi connectivity index (χ4n) is 1.67. The van der Waals surface area contributed by atoms with Gasteiger partial charge in [0.2, 0.25) is 11.8 Å². The Balaban J connectivity index is 2.09. The Morgan fingerprint density at radius 2 is 1.65 bits per heavy atom. The lowest BCUT2D eigenvalue weighted by atomic mass is 10.1. The summed E-state index contributed by atoms with van der Waals surface area (Å²) in [7, 11) is 0. The number of amides is 2. The third-order valence-electron chi connectivity index (χ3n) is 2.62. The van der Waals surface area contributed by atoms with E-state index in [1.807, 2.05) is 0 Å². The van der Waals surface area contributed by atoms with E-state index in [0.29, 0.717) is 5.56 Å². The zero-order valence-electron chi connectivity index (χ0n) is 8.98. The molecule has 0 aromatic heterocycles. The lowest BCUT2D eigenvalue weighted by molar-refractivity contribution is -0.137. The molecule has 1 aliphatic heterocycles. The third kappa shape index (κ3) is 2.61. The Bertz CT molecular complexity index is 465. The lowest BCUT2D eigenvalue weighted by Gasteiger charge is -2.12. The standard InChI is InChI=1S/C12H10BrNO3/c13-9-3-1-8(2-4-9)10(15)7-14-11(16)5-6-12(14)17/h1-4H,5-7H2. The van der Waals surface area contributed by atoms with Gasteiger partial charge in [-0.2, -0.15) is 0 Å². The smallest absolute Gasteiger partial charge is 0.230 e. The maximum absolute atomic E-state index is 11.8. The van der Waals surface area contributed by atoms with Crippen LogP contribution in [0.3, 0.4) is 0 Å². The van der Waals surface area contributed by atoms with Gasteiger partial charge in [0, 0.05) is 22.9 Å². The summed E-state index contributed by atoms with van der Waals surface area (Å²) in [6.07, 6.45) is 0.429. The van der Waals surface area contributed by atoms with Gasteiger partial charge in [0.1, 0.15) is 0 Å². The fraction of sp³-hybridized carbons (Fsp3) is 0.250. The largest absolute Gasteiger partial charge is 0.292 e. The van der Waals surface area contributed by atoms with E-state index in [1.165, 1.54) is 0 Å². The van der Waals surface area contributed by atoms with Crippen LogP contribution in [0.25, 0.3) is 0 Å². The number of ketones is 1. The average Bonchev–Trinajstić information content (AvgIpc) is 2.61. The monoisotopic (exact) mass is 295 g/mol. The van der Waals surface area contributed by atoms with Gasteiger partial charge in [0.25, 0.3) is 0 Å². The van der Waals surface area contributed by atoms with Crippen molar-refractivity contribution in [2.75, 3.05) is 6.54 Å². The molecule has 0 aliphatic carbocycles. The van der Waals surface area contributed by atoms with E-state index in [1.54, 1.807) is 24.3 Å². The molecule has 2 rings (SSSR count). The summed E-state index contributed by atoms with van der Waals surface area (Å²) in [5.41, 5.74) is 0.501. The highest BCUT2D eigenvalue weighted by molar-refractivity contribution is 9.10. The van der Waals surface area contributed by atoms with Crippen molar-refractivity contribution in [3.05, 3.63) is 34.3 Å². The molecule has 5 heteroatoms. The van der Waals surface area contributed by atoms with Gasteiger partial charge in [-0.15, -0.1) is 0 Å². The van der Waals surface area contributed by atoms with Crippen molar-refractivity contribution in [2.45, 2.75) is 12.8 Å². The molecule has 0 saturated carbocycles. The molecule has 0 unspecified atom stereocenters. The SMILES string of the molecule is O=C(CN1C(=O)CCC1=O)c1ccc(Br)cc1. The van der Waals surface area contributed by atoms with E-state index in [2.05, 4.69) is 15.9 Å². The molecule has 4 nitrogen and oxygen atoms in total. The molecule has 1 aliphatic rings. The number of halogens is 1. The maximum Gasteiger partial charge on any atom is 0.230 e. The van der Waals surface area contributed by atoms with Crippen molar-refractivity contribution in [1.82, 2.24) is 4.90 Å². The number of imide groups is 1. The maximum atomic E-state index is 11.8. The van der Waals surface area contributed by atoms with Gasteiger partial charge in [0.05, 0.1) is 6.54 Å². The van der Waals surface area contributed by atoms with E-state index >= 15 is 0 Å². The van der Waals surface area contributed by atoms with Crippen LogP contribution in [0, 0.1) is 0 Å². The van der Waals surface area contributed by atoms with Gasteiger partial charge in [-0.05, 0) is 12.1 Å². The van der Waals surface area contributed by atoms with Crippen LogP contribution in [0.15, 0.2) is 28.7 Å². The molecule has 0 spiro atoms. The summed E-state index contributed by atoms with van der Waals surface area (Å²) in [5, 5.41) is 0. The second-order valence-corrected chi connectivity index (χ2v) is 4.72. The molecule has 17 heavy (non-hydrogen) atoms. The minimum atomic E-state index is -0.263. The van der Waals surface area contributed by atoms with E-state index < -0.39 is 0 Å². The summed E-state index contributed by atoms with van der Waals surface area (Å²) >= 11 is 3.27. The molecule has 0 bridgehead atoms. The molecule has 2 amide bonds. The van der Waals surface area contributed by atoms with Gasteiger partial charge in [-0.25, -0.2) is 0 Å². The first kappa shape index (κ1) is 12.0. The van der Waals surface area contributed by atoms with Crippen molar-refractivity contribution in [3.63, 3.8) is 0 Å². The number of carbonyl (C=O) groups excluding carboxylic acids is 3. The predicted molar refractivity (Wildman–Crippen MR) is 64.4 cm³/mol. The topological polar surface area (TPSA) is 54.5 Å². The minimum absolute atomic E-state index is 0.153. The number of likely N-dealkylation sites (tertiary alicyclic amines) is 1. The average molecular weight is 296 g/mol. The molecular weight excluding hydrogens is 286 g/mol. The van der Waals surface area contributed by atoms with Crippen LogP contribution in [-0.2, 0) is 9.59 Å². The van der Waals surface area contributed by atoms with Crippen molar-refractivity contribution < 1.29 is 14.4 Å². The second kappa shape index (κ2) is 4.79. The molecule has 1 aromatic rings. The van der Waals surface area contributed by atoms with Crippen molar-refractivity contribution in [1.29, 1.82) is 0 Å². The van der Waals surface area contributed by atoms with Gasteiger partial charge in [0.15, 0.2) is 5.78 Å². The number of Topliss-reactive ketones (excluding diaryl/α,β-unsaturated/α-hetero) is 1. The van der Waals surface area contributed by atoms with E-state index in [0.717, 1.165) is 9.37 Å². The Kier molecular flexibility index (Phi) is 3.38. The number of nitrogens with zero attached hydrogens (tertiary/aromatic N) is 1. The fourth-order valence-corrected chi connectivity index (χ4v) is 1.93. The first-order chi connectivity index (χ1) is 8.08. The van der Waals surface area contributed by atoms with Crippen LogP contribution in [-0.4, -0.2) is 29.0 Å². The van der Waals surface area contributed by atoms with Crippen molar-refractivity contribution in [3.8, 4) is 0 Å². The highest BCUT2D eigenvalue weighted by atomic mass is 79.9. The van der Waals surface area contributed by atoms with Crippen molar-refractivity contribution >= 4 is 33.5 Å². The van der Waals surface area contributed by atoms with Gasteiger partial charge in [-0.1, -0.05) is 28.1 Å². The molecule has 1 heterocycles. The van der Waals surface area contributed by atoms with Crippen LogP contribution in [0.5, 0.6) is 0 Å². The number of carbonyl (C=O) groups is 3. The van der Waals surface area contributed by atoms with Gasteiger partial charge < -0.3 is 0 Å². The quantitative estimate of drug-likeness (QED) is 0.631. The predicted octanol–water partition coefficient (Wildman–Crippen LogP) is 1.78. The highest BCUT2D eigenvalue weighted by Crippen LogP contribution is 2.14. The number of rotatable bonds is 3. The Morgan fingerprint density at radius 3 is 2.18 bits per heavy atom. The first-order valence-electron chi connectivity index (χ1n) is 5.20. The summed E-state index contributed by atoms with van der Waals surface area (Å²) in [6, 6.07) is 6.83. The molecule has 1 aromatic carbocycles. The summed E-state index contributed by atoms with van der Waals surface area (Å²) in [5.74, 6) is -0.748. The lowest BCUT2D eigenvalue weighted by Crippen LogP contribution is -2.34. The third-order valence-corrected chi connectivity index (χ3v) is 3.15. The summed E-state index contributed by atoms with van der Waals surface area (Å²) < 4.78 is 0.877. The molecule has 1 fully saturated rings. The van der Waals surface area contributed by atoms with Crippen LogP contribution < -0.4 is 0 Å². The van der Waals surface area contributed by atoms with Gasteiger partial charge >= 0.3 is 0 Å². The van der Waals surface area contributed by atoms with E-state index in [4.69, 9.17) is 0 Å². The molecule has 0 N–H and O–H groups in total. The summed E-state index contributed by atoms with van der Waals surface area (Å²) in [6.45, 7) is -0.153. The first-order valence-corrected chi connectivity index (χ1v) is 5.99. The normalized spacial score (nSPS) is 15.5. The Hall–Kier alpha value is -1.49. The number of hydrogen-bond acceptors (Lipinski definition) is 3. The van der Waals surface area contributed by atoms with Crippen LogP contribution >= 0.6 is 15.9 Å². The van der Waals surface area contributed by atoms with E-state index in [-0.39, 0.29) is 37.0 Å². The van der Waals surface area contributed by atoms with Crippen LogP contribution in [0.1, 0.15) is 23.2 Å². The molecule has 1 saturated heterocycles. The van der Waals surface area contributed by atoms with Crippen LogP contribution in [0.2, 0.25) is 0 Å². The number of hydrogen-bond donors (Lipinski definition) is 0. The minimum Gasteiger partial charge on any atom is -0.292 e. The highest BCUT2D eigenvalue weighted by Gasteiger charge is 2.30. The van der Waals surface area contributed by atoms with E-state index in [9.17, 15) is 14.4 Å². The Labute approximate surface area is 107 Å². The zero-order chi connectivity index (χ0) is 12.4. The summed E-state index contributed by atoms with van der Waals surface area (Å²) in [4.78, 5) is 35.6. The zero-order valence-corrected chi connectivity index (χ0v) is 10.6. The van der Waals surface area contributed by atoms with Crippen molar-refractivity contribution in [2.24, 2.45) is 0 Å². The number of benzene rings is 1. The molecule has 88 valence electrons. The molecule has 0 radical (unpaired) electrons. The Morgan fingerprint density at radius 1 is 1.12 bits per heavy atom. The second-order valence-electron chi connectivity index (χ2n) is 3.80. The molecule has 0 atom stereocenters. The molecular formula is C12H10BrNO3. The van der Waals surface area contributed by atoms with Gasteiger partial charge in [-0.3, -0.25) is 19.3 Å².